The Morgan fingerprint density at radius 3 is 1.94 bits per heavy atom. The van der Waals surface area contributed by atoms with Gasteiger partial charge < -0.3 is 15.2 Å². The van der Waals surface area contributed by atoms with E-state index in [4.69, 9.17) is 50.1 Å². The predicted octanol–water partition coefficient (Wildman–Crippen LogP) is 5.94. The van der Waals surface area contributed by atoms with Crippen molar-refractivity contribution in [3.63, 3.8) is 0 Å². The lowest BCUT2D eigenvalue weighted by Gasteiger charge is -2.21. The Balaban J connectivity index is 2.14. The number of hydrogen-bond donors (Lipinski definition) is 2. The maximum atomic E-state index is 9.81. The van der Waals surface area contributed by atoms with Crippen molar-refractivity contribution in [1.82, 2.24) is 15.3 Å². The molecule has 0 saturated heterocycles. The Morgan fingerprint density at radius 2 is 1.48 bits per heavy atom. The number of hydrogen-bond acceptors (Lipinski definition) is 5. The van der Waals surface area contributed by atoms with Crippen molar-refractivity contribution in [2.24, 2.45) is 5.92 Å². The van der Waals surface area contributed by atoms with Crippen LogP contribution < -0.4 is 5.32 Å². The highest BCUT2D eigenvalue weighted by atomic mass is 35.5. The molecule has 174 valence electrons. The van der Waals surface area contributed by atoms with Crippen molar-refractivity contribution >= 4 is 40.4 Å². The van der Waals surface area contributed by atoms with E-state index in [9.17, 15) is 5.11 Å². The van der Waals surface area contributed by atoms with Crippen molar-refractivity contribution in [2.45, 2.75) is 32.9 Å². The van der Waals surface area contributed by atoms with Gasteiger partial charge in [0, 0.05) is 28.3 Å². The molecule has 0 radical (unpaired) electrons. The van der Waals surface area contributed by atoms with Crippen LogP contribution in [0.25, 0.3) is 22.5 Å². The van der Waals surface area contributed by atoms with E-state index in [1.165, 1.54) is 0 Å². The number of nitrogens with zero attached hydrogens (tertiary/aromatic N) is 2. The highest BCUT2D eigenvalue weighted by Crippen LogP contribution is 2.32. The van der Waals surface area contributed by atoms with Crippen LogP contribution in [0.4, 0.5) is 0 Å². The van der Waals surface area contributed by atoms with Gasteiger partial charge in [0.05, 0.1) is 36.3 Å². The first-order chi connectivity index (χ1) is 15.8. The zero-order chi connectivity index (χ0) is 24.0. The molecule has 2 N–H and O–H groups in total. The van der Waals surface area contributed by atoms with Gasteiger partial charge in [-0.15, -0.1) is 0 Å². The maximum Gasteiger partial charge on any atom is 0.127 e. The molecule has 5 nitrogen and oxygen atoms in total. The number of rotatable bonds is 9. The molecule has 0 amide bonds. The largest absolute Gasteiger partial charge is 0.394 e. The van der Waals surface area contributed by atoms with Gasteiger partial charge in [-0.25, -0.2) is 9.97 Å². The molecule has 0 aliphatic heterocycles. The molecule has 0 saturated carbocycles. The molecule has 0 fully saturated rings. The minimum Gasteiger partial charge on any atom is -0.394 e. The molecular formula is C25H27Cl2N3O2S. The molecule has 33 heavy (non-hydrogen) atoms. The summed E-state index contributed by atoms with van der Waals surface area (Å²) in [5.41, 5.74) is 4.21. The number of nitrogens with one attached hydrogen (secondary N) is 1. The van der Waals surface area contributed by atoms with Crippen molar-refractivity contribution in [3.8, 4) is 22.5 Å². The van der Waals surface area contributed by atoms with Gasteiger partial charge in [0.2, 0.25) is 0 Å². The lowest BCUT2D eigenvalue weighted by atomic mass is 10.0. The minimum atomic E-state index is -0.176. The third-order valence-electron chi connectivity index (χ3n) is 5.01. The maximum absolute atomic E-state index is 9.81. The molecule has 1 heterocycles. The predicted molar refractivity (Wildman–Crippen MR) is 139 cm³/mol. The Morgan fingerprint density at radius 1 is 0.970 bits per heavy atom. The zero-order valence-electron chi connectivity index (χ0n) is 18.8. The van der Waals surface area contributed by atoms with Crippen molar-refractivity contribution < 1.29 is 9.84 Å². The van der Waals surface area contributed by atoms with Gasteiger partial charge in [-0.2, -0.15) is 0 Å². The molecular weight excluding hydrogens is 477 g/mol. The van der Waals surface area contributed by atoms with E-state index in [0.29, 0.717) is 43.7 Å². The van der Waals surface area contributed by atoms with Crippen LogP contribution in [0.3, 0.4) is 0 Å². The fraction of sp³-hybridized carbons (Fsp3) is 0.320. The molecule has 3 rings (SSSR count). The lowest BCUT2D eigenvalue weighted by Crippen LogP contribution is -2.39. The second-order valence-corrected chi connectivity index (χ2v) is 9.43. The highest BCUT2D eigenvalue weighted by molar-refractivity contribution is 7.80. The summed E-state index contributed by atoms with van der Waals surface area (Å²) in [6.07, 6.45) is 0.774. The van der Waals surface area contributed by atoms with Crippen LogP contribution in [0, 0.1) is 5.92 Å². The number of thiocarbonyl (C=S) groups is 1. The molecule has 1 aromatic heterocycles. The Kier molecular flexibility index (Phi) is 9.18. The first-order valence-electron chi connectivity index (χ1n) is 10.7. The Labute approximate surface area is 210 Å². The summed E-state index contributed by atoms with van der Waals surface area (Å²) in [5, 5.41) is 14.3. The van der Waals surface area contributed by atoms with Crippen molar-refractivity contribution in [1.29, 1.82) is 0 Å². The van der Waals surface area contributed by atoms with Crippen molar-refractivity contribution in [2.75, 3.05) is 13.7 Å². The molecule has 2 aromatic carbocycles. The van der Waals surface area contributed by atoms with Gasteiger partial charge in [-0.1, -0.05) is 73.5 Å². The van der Waals surface area contributed by atoms with Gasteiger partial charge >= 0.3 is 0 Å². The van der Waals surface area contributed by atoms with Gasteiger partial charge in [-0.05, 0) is 36.6 Å². The van der Waals surface area contributed by atoms with Crippen LogP contribution in [0.5, 0.6) is 0 Å². The Hall–Kier alpha value is -2.09. The molecule has 0 aliphatic rings. The number of ether oxygens (including phenoxy) is 1. The molecule has 0 spiro atoms. The number of aromatic nitrogens is 2. The average Bonchev–Trinajstić information content (AvgIpc) is 2.79. The molecule has 0 bridgehead atoms. The number of aliphatic hydroxyl groups is 1. The summed E-state index contributed by atoms with van der Waals surface area (Å²) in [5.74, 6) is 0.402. The third-order valence-corrected chi connectivity index (χ3v) is 5.83. The van der Waals surface area contributed by atoms with Crippen LogP contribution in [0.15, 0.2) is 48.5 Å². The van der Waals surface area contributed by atoms with Gasteiger partial charge in [-0.3, -0.25) is 0 Å². The smallest absolute Gasteiger partial charge is 0.127 e. The van der Waals surface area contributed by atoms with Gasteiger partial charge in [0.15, 0.2) is 0 Å². The van der Waals surface area contributed by atoms with Crippen LogP contribution in [-0.2, 0) is 11.3 Å². The monoisotopic (exact) mass is 503 g/mol. The standard InChI is InChI=1S/C25H27Cl2N3O2S/c1-15(2)12-20(13-31)28-25(33)24-21(14-32-3)29-22(16-4-8-18(26)9-5-16)23(30-24)17-6-10-19(27)11-7-17/h4-11,15,20,31H,12-14H2,1-3H3,(H,28,33). The number of methoxy groups -OCH3 is 1. The van der Waals surface area contributed by atoms with Gasteiger partial charge in [0.25, 0.3) is 0 Å². The summed E-state index contributed by atoms with van der Waals surface area (Å²) in [4.78, 5) is 10.3. The summed E-state index contributed by atoms with van der Waals surface area (Å²) >= 11 is 17.9. The highest BCUT2D eigenvalue weighted by Gasteiger charge is 2.21. The SMILES string of the molecule is COCc1nc(-c2ccc(Cl)cc2)c(-c2ccc(Cl)cc2)nc1C(=S)NC(CO)CC(C)C. The fourth-order valence-corrected chi connectivity index (χ4v) is 4.09. The Bertz CT molecular complexity index is 1090. The molecule has 8 heteroatoms. The quantitative estimate of drug-likeness (QED) is 0.352. The first kappa shape index (κ1) is 25.5. The molecule has 1 atom stereocenters. The van der Waals surface area contributed by atoms with Crippen LogP contribution in [-0.4, -0.2) is 39.8 Å². The van der Waals surface area contributed by atoms with E-state index < -0.39 is 0 Å². The second kappa shape index (κ2) is 11.9. The van der Waals surface area contributed by atoms with Crippen LogP contribution in [0.1, 0.15) is 31.7 Å². The topological polar surface area (TPSA) is 67.3 Å². The third kappa shape index (κ3) is 6.71. The molecule has 1 unspecified atom stereocenters. The summed E-state index contributed by atoms with van der Waals surface area (Å²) in [7, 11) is 1.60. The molecule has 3 aromatic rings. The van der Waals surface area contributed by atoms with E-state index in [0.717, 1.165) is 17.5 Å². The fourth-order valence-electron chi connectivity index (χ4n) is 3.51. The summed E-state index contributed by atoms with van der Waals surface area (Å²) in [6.45, 7) is 4.41. The van der Waals surface area contributed by atoms with Crippen LogP contribution >= 0.6 is 35.4 Å². The lowest BCUT2D eigenvalue weighted by molar-refractivity contribution is 0.181. The van der Waals surface area contributed by atoms with Gasteiger partial charge in [0.1, 0.15) is 10.7 Å². The molecule has 0 aliphatic carbocycles. The van der Waals surface area contributed by atoms with E-state index in [1.807, 2.05) is 48.5 Å². The number of halogens is 2. The first-order valence-corrected chi connectivity index (χ1v) is 11.8. The second-order valence-electron chi connectivity index (χ2n) is 8.15. The minimum absolute atomic E-state index is 0.0295. The summed E-state index contributed by atoms with van der Waals surface area (Å²) < 4.78 is 5.41. The van der Waals surface area contributed by atoms with E-state index in [1.54, 1.807) is 7.11 Å². The number of aliphatic hydroxyl groups excluding tert-OH is 1. The van der Waals surface area contributed by atoms with Crippen molar-refractivity contribution in [3.05, 3.63) is 70.0 Å². The van der Waals surface area contributed by atoms with E-state index >= 15 is 0 Å². The summed E-state index contributed by atoms with van der Waals surface area (Å²) in [6, 6.07) is 14.7. The normalized spacial score (nSPS) is 12.1. The zero-order valence-corrected chi connectivity index (χ0v) is 21.1. The van der Waals surface area contributed by atoms with E-state index in [2.05, 4.69) is 19.2 Å². The number of benzene rings is 2. The average molecular weight is 504 g/mol. The van der Waals surface area contributed by atoms with E-state index in [-0.39, 0.29) is 19.3 Å². The van der Waals surface area contributed by atoms with Crippen LogP contribution in [0.2, 0.25) is 10.0 Å².